The summed E-state index contributed by atoms with van der Waals surface area (Å²) in [4.78, 5) is 4.32. The summed E-state index contributed by atoms with van der Waals surface area (Å²) in [6, 6.07) is 14.4. The Morgan fingerprint density at radius 1 is 1.06 bits per heavy atom. The van der Waals surface area contributed by atoms with Crippen LogP contribution in [-0.2, 0) is 6.42 Å². The van der Waals surface area contributed by atoms with E-state index in [1.165, 1.54) is 16.7 Å². The van der Waals surface area contributed by atoms with Gasteiger partial charge in [-0.1, -0.05) is 36.9 Å². The van der Waals surface area contributed by atoms with Gasteiger partial charge in [0.2, 0.25) is 0 Å². The molecule has 1 heterocycles. The molecule has 1 nitrogen and oxygen atoms in total. The molecule has 0 spiro atoms. The summed E-state index contributed by atoms with van der Waals surface area (Å²) in [5.74, 6) is 0. The molecule has 1 heteroatoms. The standard InChI is InChI=1S/C16H13N/c1-12-14(11-15-7-4-5-9-17-15)10-13-6-2-3-8-16(12)13/h2-9,11H,1,10H2/b14-11+. The Bertz CT molecular complexity index is 594. The predicted octanol–water partition coefficient (Wildman–Crippen LogP) is 3.73. The van der Waals surface area contributed by atoms with E-state index in [1.807, 2.05) is 24.4 Å². The summed E-state index contributed by atoms with van der Waals surface area (Å²) < 4.78 is 0. The van der Waals surface area contributed by atoms with Gasteiger partial charge in [0.15, 0.2) is 0 Å². The lowest BCUT2D eigenvalue weighted by molar-refractivity contribution is 1.25. The van der Waals surface area contributed by atoms with Crippen molar-refractivity contribution in [2.75, 3.05) is 0 Å². The van der Waals surface area contributed by atoms with Crippen LogP contribution >= 0.6 is 0 Å². The van der Waals surface area contributed by atoms with Gasteiger partial charge in [-0.25, -0.2) is 0 Å². The molecule has 1 aromatic heterocycles. The Labute approximate surface area is 101 Å². The Balaban J connectivity index is 2.00. The first-order valence-corrected chi connectivity index (χ1v) is 5.74. The zero-order valence-corrected chi connectivity index (χ0v) is 9.56. The first-order chi connectivity index (χ1) is 8.34. The van der Waals surface area contributed by atoms with Gasteiger partial charge >= 0.3 is 0 Å². The normalized spacial score (nSPS) is 16.2. The zero-order chi connectivity index (χ0) is 11.7. The molecule has 0 fully saturated rings. The molecular formula is C16H13N. The topological polar surface area (TPSA) is 12.9 Å². The summed E-state index contributed by atoms with van der Waals surface area (Å²) in [7, 11) is 0. The van der Waals surface area contributed by atoms with Crippen LogP contribution < -0.4 is 0 Å². The fourth-order valence-electron chi connectivity index (χ4n) is 2.23. The number of hydrogen-bond donors (Lipinski definition) is 0. The summed E-state index contributed by atoms with van der Waals surface area (Å²) in [5, 5.41) is 0. The van der Waals surface area contributed by atoms with Crippen LogP contribution in [0.5, 0.6) is 0 Å². The second-order valence-corrected chi connectivity index (χ2v) is 4.24. The average Bonchev–Trinajstić information content (AvgIpc) is 2.68. The number of hydrogen-bond acceptors (Lipinski definition) is 1. The smallest absolute Gasteiger partial charge is 0.0632 e. The third-order valence-electron chi connectivity index (χ3n) is 3.12. The highest BCUT2D eigenvalue weighted by Crippen LogP contribution is 2.35. The molecule has 0 N–H and O–H groups in total. The van der Waals surface area contributed by atoms with Gasteiger partial charge in [-0.2, -0.15) is 0 Å². The maximum absolute atomic E-state index is 4.32. The van der Waals surface area contributed by atoms with Crippen molar-refractivity contribution in [3.63, 3.8) is 0 Å². The molecule has 1 aliphatic carbocycles. The molecule has 1 aliphatic rings. The van der Waals surface area contributed by atoms with E-state index in [4.69, 9.17) is 0 Å². The first kappa shape index (κ1) is 10.0. The fourth-order valence-corrected chi connectivity index (χ4v) is 2.23. The minimum absolute atomic E-state index is 0.964. The highest BCUT2D eigenvalue weighted by Gasteiger charge is 2.18. The van der Waals surface area contributed by atoms with Crippen LogP contribution in [0.15, 0.2) is 60.8 Å². The predicted molar refractivity (Wildman–Crippen MR) is 71.4 cm³/mol. The largest absolute Gasteiger partial charge is 0.257 e. The molecular weight excluding hydrogens is 206 g/mol. The second kappa shape index (κ2) is 4.02. The third-order valence-corrected chi connectivity index (χ3v) is 3.12. The minimum Gasteiger partial charge on any atom is -0.257 e. The van der Waals surface area contributed by atoms with E-state index in [-0.39, 0.29) is 0 Å². The second-order valence-electron chi connectivity index (χ2n) is 4.24. The molecule has 0 aliphatic heterocycles. The van der Waals surface area contributed by atoms with Crippen molar-refractivity contribution in [1.82, 2.24) is 4.98 Å². The number of aromatic nitrogens is 1. The van der Waals surface area contributed by atoms with Crippen molar-refractivity contribution >= 4 is 11.6 Å². The van der Waals surface area contributed by atoms with Gasteiger partial charge in [-0.15, -0.1) is 0 Å². The van der Waals surface area contributed by atoms with Crippen molar-refractivity contribution < 1.29 is 0 Å². The molecule has 3 rings (SSSR count). The van der Waals surface area contributed by atoms with Crippen LogP contribution in [-0.4, -0.2) is 4.98 Å². The van der Waals surface area contributed by atoms with Gasteiger partial charge in [0.25, 0.3) is 0 Å². The van der Waals surface area contributed by atoms with Gasteiger partial charge in [-0.3, -0.25) is 4.98 Å². The van der Waals surface area contributed by atoms with Crippen molar-refractivity contribution in [1.29, 1.82) is 0 Å². The minimum atomic E-state index is 0.964. The van der Waals surface area contributed by atoms with Crippen LogP contribution in [0.2, 0.25) is 0 Å². The van der Waals surface area contributed by atoms with Crippen LogP contribution in [0, 0.1) is 0 Å². The van der Waals surface area contributed by atoms with Crippen molar-refractivity contribution in [3.05, 3.63) is 77.6 Å². The van der Waals surface area contributed by atoms with Crippen LogP contribution in [0.1, 0.15) is 16.8 Å². The first-order valence-electron chi connectivity index (χ1n) is 5.74. The Morgan fingerprint density at radius 3 is 2.65 bits per heavy atom. The Hall–Kier alpha value is -2.15. The van der Waals surface area contributed by atoms with Gasteiger partial charge in [0, 0.05) is 6.20 Å². The molecule has 17 heavy (non-hydrogen) atoms. The van der Waals surface area contributed by atoms with Gasteiger partial charge in [0.05, 0.1) is 5.69 Å². The van der Waals surface area contributed by atoms with E-state index in [9.17, 15) is 0 Å². The highest BCUT2D eigenvalue weighted by molar-refractivity contribution is 5.88. The lowest BCUT2D eigenvalue weighted by Gasteiger charge is -1.99. The van der Waals surface area contributed by atoms with Crippen molar-refractivity contribution in [2.24, 2.45) is 0 Å². The van der Waals surface area contributed by atoms with Gasteiger partial charge in [-0.05, 0) is 46.9 Å². The molecule has 82 valence electrons. The lowest BCUT2D eigenvalue weighted by atomic mass is 10.1. The van der Waals surface area contributed by atoms with E-state index in [0.29, 0.717) is 0 Å². The summed E-state index contributed by atoms with van der Waals surface area (Å²) >= 11 is 0. The Kier molecular flexibility index (Phi) is 2.37. The quantitative estimate of drug-likeness (QED) is 0.712. The lowest BCUT2D eigenvalue weighted by Crippen LogP contribution is -1.83. The maximum atomic E-state index is 4.32. The van der Waals surface area contributed by atoms with E-state index in [1.54, 1.807) is 0 Å². The van der Waals surface area contributed by atoms with Crippen LogP contribution in [0.25, 0.3) is 11.6 Å². The van der Waals surface area contributed by atoms with Crippen LogP contribution in [0.3, 0.4) is 0 Å². The average molecular weight is 219 g/mol. The zero-order valence-electron chi connectivity index (χ0n) is 9.56. The number of nitrogens with zero attached hydrogens (tertiary/aromatic N) is 1. The van der Waals surface area contributed by atoms with E-state index in [2.05, 4.69) is 41.9 Å². The number of benzene rings is 1. The van der Waals surface area contributed by atoms with Gasteiger partial charge < -0.3 is 0 Å². The monoisotopic (exact) mass is 219 g/mol. The third kappa shape index (κ3) is 1.80. The van der Waals surface area contributed by atoms with Crippen molar-refractivity contribution in [3.8, 4) is 0 Å². The fraction of sp³-hybridized carbons (Fsp3) is 0.0625. The molecule has 0 bridgehead atoms. The number of allylic oxidation sites excluding steroid dienone is 2. The number of pyridine rings is 1. The molecule has 1 aromatic carbocycles. The molecule has 0 saturated heterocycles. The molecule has 0 atom stereocenters. The molecule has 0 unspecified atom stereocenters. The highest BCUT2D eigenvalue weighted by atomic mass is 14.6. The summed E-state index contributed by atoms with van der Waals surface area (Å²) in [5.41, 5.74) is 6.03. The van der Waals surface area contributed by atoms with E-state index < -0.39 is 0 Å². The van der Waals surface area contributed by atoms with Crippen molar-refractivity contribution in [2.45, 2.75) is 6.42 Å². The Morgan fingerprint density at radius 2 is 1.88 bits per heavy atom. The number of fused-ring (bicyclic) bond motifs is 1. The molecule has 0 saturated carbocycles. The summed E-state index contributed by atoms with van der Waals surface area (Å²) in [6.07, 6.45) is 4.91. The number of rotatable bonds is 1. The van der Waals surface area contributed by atoms with E-state index >= 15 is 0 Å². The maximum Gasteiger partial charge on any atom is 0.0632 e. The molecule has 0 radical (unpaired) electrons. The molecule has 2 aromatic rings. The molecule has 0 amide bonds. The SMILES string of the molecule is C=C1/C(=C/c2ccccn2)Cc2ccccc21. The van der Waals surface area contributed by atoms with Gasteiger partial charge in [0.1, 0.15) is 0 Å². The van der Waals surface area contributed by atoms with E-state index in [0.717, 1.165) is 17.7 Å². The van der Waals surface area contributed by atoms with Crippen LogP contribution in [0.4, 0.5) is 0 Å². The summed E-state index contributed by atoms with van der Waals surface area (Å²) in [6.45, 7) is 4.18.